The van der Waals surface area contributed by atoms with Gasteiger partial charge in [-0.1, -0.05) is 17.7 Å². The van der Waals surface area contributed by atoms with E-state index in [4.69, 9.17) is 5.73 Å². The normalized spacial score (nSPS) is 27.8. The Hall–Kier alpha value is -1.02. The molecule has 1 aromatic rings. The fraction of sp³-hybridized carbons (Fsp3) is 0.571. The number of rotatable bonds is 1. The Morgan fingerprint density at radius 3 is 3.06 bits per heavy atom. The van der Waals surface area contributed by atoms with Crippen molar-refractivity contribution in [2.75, 3.05) is 11.4 Å². The molecule has 0 amide bonds. The molecule has 0 spiro atoms. The molecule has 2 unspecified atom stereocenters. The summed E-state index contributed by atoms with van der Waals surface area (Å²) >= 11 is 0. The summed E-state index contributed by atoms with van der Waals surface area (Å²) in [5, 5.41) is 0. The third kappa shape index (κ3) is 1.44. The van der Waals surface area contributed by atoms with Crippen molar-refractivity contribution in [2.24, 2.45) is 5.73 Å². The highest BCUT2D eigenvalue weighted by Crippen LogP contribution is 2.39. The van der Waals surface area contributed by atoms with Gasteiger partial charge in [-0.05, 0) is 44.2 Å². The minimum Gasteiger partial charge on any atom is -0.364 e. The molecule has 1 aromatic carbocycles. The molecule has 1 saturated heterocycles. The zero-order chi connectivity index (χ0) is 11.1. The summed E-state index contributed by atoms with van der Waals surface area (Å²) < 4.78 is 0. The van der Waals surface area contributed by atoms with Gasteiger partial charge in [0.2, 0.25) is 0 Å². The standard InChI is InChI=1S/C14H20N2/c1-10-5-6-14-11(7-10)8-12-3-2-4-13(9-15)16(12)14/h5-7,12-13H,2-4,8-9,15H2,1H3. The number of hydrogen-bond donors (Lipinski definition) is 1. The van der Waals surface area contributed by atoms with Crippen molar-refractivity contribution >= 4 is 5.69 Å². The lowest BCUT2D eigenvalue weighted by Gasteiger charge is -2.39. The Kier molecular flexibility index (Phi) is 2.40. The van der Waals surface area contributed by atoms with Crippen LogP contribution in [0.4, 0.5) is 5.69 Å². The molecule has 86 valence electrons. The Balaban J connectivity index is 2.00. The van der Waals surface area contributed by atoms with Gasteiger partial charge < -0.3 is 10.6 Å². The third-order valence-corrected chi connectivity index (χ3v) is 4.10. The molecule has 3 rings (SSSR count). The first-order valence-corrected chi connectivity index (χ1v) is 6.37. The highest BCUT2D eigenvalue weighted by atomic mass is 15.2. The number of anilines is 1. The molecule has 2 aliphatic heterocycles. The van der Waals surface area contributed by atoms with Crippen LogP contribution in [0.25, 0.3) is 0 Å². The number of aryl methyl sites for hydroxylation is 1. The first-order valence-electron chi connectivity index (χ1n) is 6.37. The second kappa shape index (κ2) is 3.77. The minimum atomic E-state index is 0.572. The molecule has 16 heavy (non-hydrogen) atoms. The summed E-state index contributed by atoms with van der Waals surface area (Å²) in [6.45, 7) is 2.97. The maximum atomic E-state index is 5.90. The van der Waals surface area contributed by atoms with Crippen molar-refractivity contribution in [3.63, 3.8) is 0 Å². The molecule has 0 radical (unpaired) electrons. The van der Waals surface area contributed by atoms with Gasteiger partial charge in [0.25, 0.3) is 0 Å². The first-order chi connectivity index (χ1) is 7.79. The molecule has 2 heteroatoms. The maximum absolute atomic E-state index is 5.90. The van der Waals surface area contributed by atoms with Crippen LogP contribution in [-0.2, 0) is 6.42 Å². The topological polar surface area (TPSA) is 29.3 Å². The van der Waals surface area contributed by atoms with Gasteiger partial charge in [0.1, 0.15) is 0 Å². The van der Waals surface area contributed by atoms with Gasteiger partial charge in [-0.15, -0.1) is 0 Å². The predicted octanol–water partition coefficient (Wildman–Crippen LogP) is 2.24. The van der Waals surface area contributed by atoms with Gasteiger partial charge in [-0.25, -0.2) is 0 Å². The molecule has 2 nitrogen and oxygen atoms in total. The van der Waals surface area contributed by atoms with Crippen LogP contribution in [0.5, 0.6) is 0 Å². The summed E-state index contributed by atoms with van der Waals surface area (Å²) in [7, 11) is 0. The van der Waals surface area contributed by atoms with Crippen LogP contribution in [0.1, 0.15) is 30.4 Å². The van der Waals surface area contributed by atoms with Crippen molar-refractivity contribution in [3.8, 4) is 0 Å². The second-order valence-electron chi connectivity index (χ2n) is 5.22. The molecule has 2 atom stereocenters. The molecule has 2 heterocycles. The zero-order valence-corrected chi connectivity index (χ0v) is 9.95. The molecule has 0 aliphatic carbocycles. The van der Waals surface area contributed by atoms with E-state index in [1.54, 1.807) is 0 Å². The summed E-state index contributed by atoms with van der Waals surface area (Å²) in [6.07, 6.45) is 5.17. The lowest BCUT2D eigenvalue weighted by atomic mass is 9.96. The molecule has 0 aromatic heterocycles. The van der Waals surface area contributed by atoms with Crippen molar-refractivity contribution in [2.45, 2.75) is 44.7 Å². The first kappa shape index (κ1) is 10.2. The number of benzene rings is 1. The SMILES string of the molecule is Cc1ccc2c(c1)CC1CCCC(CN)N21. The fourth-order valence-electron chi connectivity index (χ4n) is 3.37. The number of piperidine rings is 1. The van der Waals surface area contributed by atoms with Gasteiger partial charge in [0.15, 0.2) is 0 Å². The van der Waals surface area contributed by atoms with Crippen LogP contribution < -0.4 is 10.6 Å². The van der Waals surface area contributed by atoms with Crippen molar-refractivity contribution in [1.29, 1.82) is 0 Å². The van der Waals surface area contributed by atoms with Crippen LogP contribution in [0.3, 0.4) is 0 Å². The molecule has 0 saturated carbocycles. The average Bonchev–Trinajstić information content (AvgIpc) is 2.65. The maximum Gasteiger partial charge on any atom is 0.0415 e. The largest absolute Gasteiger partial charge is 0.364 e. The minimum absolute atomic E-state index is 0.572. The van der Waals surface area contributed by atoms with Gasteiger partial charge in [0.05, 0.1) is 0 Å². The van der Waals surface area contributed by atoms with Crippen LogP contribution in [-0.4, -0.2) is 18.6 Å². The number of nitrogens with zero attached hydrogens (tertiary/aromatic N) is 1. The fourth-order valence-corrected chi connectivity index (χ4v) is 3.37. The van der Waals surface area contributed by atoms with Crippen LogP contribution in [0.2, 0.25) is 0 Å². The summed E-state index contributed by atoms with van der Waals surface area (Å²) in [5.74, 6) is 0. The van der Waals surface area contributed by atoms with E-state index in [0.29, 0.717) is 6.04 Å². The average molecular weight is 216 g/mol. The van der Waals surface area contributed by atoms with E-state index < -0.39 is 0 Å². The molecule has 2 N–H and O–H groups in total. The summed E-state index contributed by atoms with van der Waals surface area (Å²) in [4.78, 5) is 2.60. The molecule has 0 bridgehead atoms. The summed E-state index contributed by atoms with van der Waals surface area (Å²) in [5.41, 5.74) is 10.3. The van der Waals surface area contributed by atoms with E-state index in [1.807, 2.05) is 0 Å². The lowest BCUT2D eigenvalue weighted by molar-refractivity contribution is 0.399. The van der Waals surface area contributed by atoms with Crippen LogP contribution >= 0.6 is 0 Å². The number of nitrogens with two attached hydrogens (primary N) is 1. The van der Waals surface area contributed by atoms with E-state index in [-0.39, 0.29) is 0 Å². The third-order valence-electron chi connectivity index (χ3n) is 4.10. The van der Waals surface area contributed by atoms with E-state index in [1.165, 1.54) is 42.5 Å². The van der Waals surface area contributed by atoms with Crippen LogP contribution in [0.15, 0.2) is 18.2 Å². The quantitative estimate of drug-likeness (QED) is 0.780. The Labute approximate surface area is 97.4 Å². The van der Waals surface area contributed by atoms with Gasteiger partial charge in [-0.2, -0.15) is 0 Å². The Morgan fingerprint density at radius 2 is 2.25 bits per heavy atom. The number of fused-ring (bicyclic) bond motifs is 3. The predicted molar refractivity (Wildman–Crippen MR) is 67.8 cm³/mol. The van der Waals surface area contributed by atoms with Crippen LogP contribution in [0, 0.1) is 6.92 Å². The Morgan fingerprint density at radius 1 is 1.38 bits per heavy atom. The van der Waals surface area contributed by atoms with E-state index in [9.17, 15) is 0 Å². The molecule has 2 aliphatic rings. The highest BCUT2D eigenvalue weighted by Gasteiger charge is 2.36. The second-order valence-corrected chi connectivity index (χ2v) is 5.22. The highest BCUT2D eigenvalue weighted by molar-refractivity contribution is 5.61. The summed E-state index contributed by atoms with van der Waals surface area (Å²) in [6, 6.07) is 8.16. The van der Waals surface area contributed by atoms with E-state index in [0.717, 1.165) is 12.6 Å². The van der Waals surface area contributed by atoms with Gasteiger partial charge >= 0.3 is 0 Å². The molecule has 1 fully saturated rings. The smallest absolute Gasteiger partial charge is 0.0415 e. The molecular weight excluding hydrogens is 196 g/mol. The Bertz CT molecular complexity index is 400. The van der Waals surface area contributed by atoms with E-state index >= 15 is 0 Å². The van der Waals surface area contributed by atoms with Crippen molar-refractivity contribution < 1.29 is 0 Å². The number of hydrogen-bond acceptors (Lipinski definition) is 2. The van der Waals surface area contributed by atoms with Gasteiger partial charge in [0, 0.05) is 24.3 Å². The zero-order valence-electron chi connectivity index (χ0n) is 9.95. The monoisotopic (exact) mass is 216 g/mol. The lowest BCUT2D eigenvalue weighted by Crippen LogP contribution is -2.48. The van der Waals surface area contributed by atoms with Crippen molar-refractivity contribution in [3.05, 3.63) is 29.3 Å². The van der Waals surface area contributed by atoms with Gasteiger partial charge in [-0.3, -0.25) is 0 Å². The van der Waals surface area contributed by atoms with Crippen molar-refractivity contribution in [1.82, 2.24) is 0 Å². The van der Waals surface area contributed by atoms with E-state index in [2.05, 4.69) is 30.0 Å². The molecular formula is C14H20N2.